The van der Waals surface area contributed by atoms with Crippen molar-refractivity contribution in [1.29, 1.82) is 0 Å². The van der Waals surface area contributed by atoms with Gasteiger partial charge in [-0.05, 0) is 101 Å². The zero-order valence-corrected chi connectivity index (χ0v) is 33.5. The molecular formula is C40H42O4S6. The number of hydrogen-bond acceptors (Lipinski definition) is 10. The Morgan fingerprint density at radius 2 is 0.840 bits per heavy atom. The van der Waals surface area contributed by atoms with Crippen molar-refractivity contribution in [2.45, 2.75) is 78.1 Å². The lowest BCUT2D eigenvalue weighted by molar-refractivity contribution is -0.139. The lowest BCUT2D eigenvalue weighted by Crippen LogP contribution is -2.06. The Bertz CT molecular complexity index is 1880. The third-order valence-corrected chi connectivity index (χ3v) is 15.7. The summed E-state index contributed by atoms with van der Waals surface area (Å²) < 4.78 is 15.9. The molecule has 0 aliphatic heterocycles. The van der Waals surface area contributed by atoms with Gasteiger partial charge >= 0.3 is 11.9 Å². The van der Waals surface area contributed by atoms with Crippen molar-refractivity contribution in [1.82, 2.24) is 0 Å². The Balaban J connectivity index is 0.958. The predicted molar refractivity (Wildman–Crippen MR) is 221 cm³/mol. The Morgan fingerprint density at radius 3 is 1.22 bits per heavy atom. The van der Waals surface area contributed by atoms with Gasteiger partial charge in [0.2, 0.25) is 0 Å². The van der Waals surface area contributed by atoms with Gasteiger partial charge in [0.05, 0.1) is 13.2 Å². The topological polar surface area (TPSA) is 52.6 Å². The van der Waals surface area contributed by atoms with E-state index in [2.05, 4.69) is 61.7 Å². The number of carbonyl (C=O) groups is 2. The Hall–Kier alpha value is -2.86. The average Bonchev–Trinajstić information content (AvgIpc) is 3.92. The van der Waals surface area contributed by atoms with Gasteiger partial charge in [-0.15, -0.1) is 68.0 Å². The highest BCUT2D eigenvalue weighted by Crippen LogP contribution is 2.46. The fraction of sp³-hybridized carbons (Fsp3) is 0.350. The minimum atomic E-state index is -0.287. The molecule has 6 aromatic rings. The van der Waals surface area contributed by atoms with E-state index in [1.54, 1.807) is 13.8 Å². The Morgan fingerprint density at radius 1 is 0.480 bits per heavy atom. The van der Waals surface area contributed by atoms with Crippen molar-refractivity contribution >= 4 is 98.8 Å². The molecule has 0 aliphatic rings. The van der Waals surface area contributed by atoms with Gasteiger partial charge in [-0.1, -0.05) is 38.8 Å². The van der Waals surface area contributed by atoms with Gasteiger partial charge in [-0.2, -0.15) is 0 Å². The summed E-state index contributed by atoms with van der Waals surface area (Å²) in [5, 5.41) is 0. The van der Waals surface area contributed by atoms with E-state index < -0.39 is 0 Å². The molecule has 0 saturated carbocycles. The summed E-state index contributed by atoms with van der Waals surface area (Å²) in [7, 11) is 0. The van der Waals surface area contributed by atoms with E-state index in [1.807, 2.05) is 68.0 Å². The van der Waals surface area contributed by atoms with E-state index >= 15 is 0 Å². The predicted octanol–water partition coefficient (Wildman–Crippen LogP) is 13.8. The second kappa shape index (κ2) is 17.6. The molecule has 0 N–H and O–H groups in total. The average molecular weight is 779 g/mol. The number of ether oxygens (including phenoxy) is 2. The van der Waals surface area contributed by atoms with E-state index in [0.717, 1.165) is 64.2 Å². The number of aryl methyl sites for hydroxylation is 2. The van der Waals surface area contributed by atoms with Crippen LogP contribution >= 0.6 is 68.0 Å². The van der Waals surface area contributed by atoms with E-state index in [4.69, 9.17) is 9.47 Å². The van der Waals surface area contributed by atoms with E-state index in [1.165, 1.54) is 57.8 Å². The second-order valence-corrected chi connectivity index (χ2v) is 19.3. The summed E-state index contributed by atoms with van der Waals surface area (Å²) in [6.07, 6.45) is 10.8. The molecule has 50 heavy (non-hydrogen) atoms. The van der Waals surface area contributed by atoms with Gasteiger partial charge in [0.15, 0.2) is 0 Å². The van der Waals surface area contributed by atoms with Gasteiger partial charge in [-0.3, -0.25) is 0 Å². The molecule has 0 radical (unpaired) electrons. The molecule has 0 amide bonds. The summed E-state index contributed by atoms with van der Waals surface area (Å²) in [6, 6.07) is 18.6. The minimum absolute atomic E-state index is 0.287. The van der Waals surface area contributed by atoms with Crippen LogP contribution in [0.3, 0.4) is 0 Å². The molecular weight excluding hydrogens is 737 g/mol. The largest absolute Gasteiger partial charge is 0.462 e. The third kappa shape index (κ3) is 9.72. The van der Waals surface area contributed by atoms with Crippen LogP contribution in [0.1, 0.15) is 75.0 Å². The van der Waals surface area contributed by atoms with Crippen LogP contribution in [-0.2, 0) is 31.9 Å². The van der Waals surface area contributed by atoms with Gasteiger partial charge in [-0.25, -0.2) is 9.59 Å². The Kier molecular flexibility index (Phi) is 13.0. The number of hydrogen-bond donors (Lipinski definition) is 0. The lowest BCUT2D eigenvalue weighted by Gasteiger charge is -2.04. The first-order chi connectivity index (χ1) is 24.2. The monoisotopic (exact) mass is 778 g/mol. The summed E-state index contributed by atoms with van der Waals surface area (Å²) in [6.45, 7) is 11.6. The number of unbranched alkanes of at least 4 members (excludes halogenated alkanes) is 6. The third-order valence-electron chi connectivity index (χ3n) is 8.25. The van der Waals surface area contributed by atoms with E-state index in [0.29, 0.717) is 24.4 Å². The lowest BCUT2D eigenvalue weighted by atomic mass is 10.1. The normalized spacial score (nSPS) is 11.5. The van der Waals surface area contributed by atoms with Crippen molar-refractivity contribution in [3.63, 3.8) is 0 Å². The first-order valence-electron chi connectivity index (χ1n) is 17.1. The smallest absolute Gasteiger partial charge is 0.333 e. The number of rotatable bonds is 19. The highest BCUT2D eigenvalue weighted by atomic mass is 32.1. The van der Waals surface area contributed by atoms with Crippen LogP contribution in [0.5, 0.6) is 0 Å². The number of carbonyl (C=O) groups excluding carboxylic acids is 2. The maximum Gasteiger partial charge on any atom is 0.333 e. The summed E-state index contributed by atoms with van der Waals surface area (Å²) in [5.41, 5.74) is 0.925. The molecule has 0 atom stereocenters. The van der Waals surface area contributed by atoms with E-state index in [-0.39, 0.29) is 11.9 Å². The Labute approximate surface area is 318 Å². The molecule has 4 nitrogen and oxygen atoms in total. The standard InChI is InChI=1S/C40H42O4S6/c1-25(2)39(41)43-19-11-7-5-9-13-27-21-33-37(45-27)23-35(49-33)31-17-15-29(47-31)30-16-18-32(48-30)36-24-38-34(50-36)22-28(46-38)14-10-6-8-12-20-44-40(42)26(3)4/h15-18,21-24H,1,3,5-14,19-20H2,2,4H3. The minimum Gasteiger partial charge on any atom is -0.462 e. The molecule has 10 heteroatoms. The fourth-order valence-corrected chi connectivity index (χ4v) is 12.7. The van der Waals surface area contributed by atoms with Gasteiger partial charge in [0.25, 0.3) is 0 Å². The van der Waals surface area contributed by atoms with Gasteiger partial charge in [0.1, 0.15) is 0 Å². The van der Waals surface area contributed by atoms with E-state index in [9.17, 15) is 9.59 Å². The van der Waals surface area contributed by atoms with Crippen molar-refractivity contribution in [3.8, 4) is 29.3 Å². The van der Waals surface area contributed by atoms with Crippen molar-refractivity contribution in [2.75, 3.05) is 13.2 Å². The SMILES string of the molecule is C=C(C)C(=O)OCCCCCCc1cc2sc(-c3ccc(-c4ccc(-c5cc6sc(CCCCCCOC(=O)C(=C)C)cc6s5)s4)s3)cc2s1. The van der Waals surface area contributed by atoms with Crippen LogP contribution in [0.2, 0.25) is 0 Å². The molecule has 0 aliphatic carbocycles. The second-order valence-electron chi connectivity index (χ2n) is 12.6. The highest BCUT2D eigenvalue weighted by Gasteiger charge is 2.15. The van der Waals surface area contributed by atoms with Gasteiger partial charge in [0, 0.05) is 69.0 Å². The van der Waals surface area contributed by atoms with Crippen LogP contribution in [0.25, 0.3) is 48.1 Å². The van der Waals surface area contributed by atoms with Crippen molar-refractivity contribution in [3.05, 3.63) is 82.6 Å². The maximum absolute atomic E-state index is 11.5. The van der Waals surface area contributed by atoms with Crippen LogP contribution in [0, 0.1) is 0 Å². The molecule has 0 spiro atoms. The van der Waals surface area contributed by atoms with Crippen molar-refractivity contribution in [2.24, 2.45) is 0 Å². The summed E-state index contributed by atoms with van der Waals surface area (Å²) in [5.74, 6) is -0.575. The van der Waals surface area contributed by atoms with Gasteiger partial charge < -0.3 is 9.47 Å². The molecule has 0 bridgehead atoms. The van der Waals surface area contributed by atoms with Crippen LogP contribution < -0.4 is 0 Å². The molecule has 6 heterocycles. The first kappa shape index (κ1) is 36.9. The summed E-state index contributed by atoms with van der Waals surface area (Å²) >= 11 is 11.4. The first-order valence-corrected chi connectivity index (χ1v) is 22.0. The molecule has 0 unspecified atom stereocenters. The molecule has 6 rings (SSSR count). The number of fused-ring (bicyclic) bond motifs is 2. The molecule has 0 saturated heterocycles. The number of esters is 2. The van der Waals surface area contributed by atoms with Crippen LogP contribution in [0.4, 0.5) is 0 Å². The quantitative estimate of drug-likeness (QED) is 0.0467. The summed E-state index contributed by atoms with van der Waals surface area (Å²) in [4.78, 5) is 33.9. The molecule has 0 aromatic carbocycles. The molecule has 0 fully saturated rings. The van der Waals surface area contributed by atoms with Crippen LogP contribution in [-0.4, -0.2) is 25.2 Å². The number of thiophene rings is 6. The molecule has 6 aromatic heterocycles. The fourth-order valence-electron chi connectivity index (χ4n) is 5.55. The zero-order chi connectivity index (χ0) is 35.0. The zero-order valence-electron chi connectivity index (χ0n) is 28.6. The molecule has 262 valence electrons. The maximum atomic E-state index is 11.5. The highest BCUT2D eigenvalue weighted by molar-refractivity contribution is 7.33. The van der Waals surface area contributed by atoms with Crippen LogP contribution in [0.15, 0.2) is 72.8 Å². The van der Waals surface area contributed by atoms with Crippen molar-refractivity contribution < 1.29 is 19.1 Å².